The first-order chi connectivity index (χ1) is 11.0. The molecule has 0 aliphatic carbocycles. The Morgan fingerprint density at radius 3 is 2.74 bits per heavy atom. The molecule has 2 rings (SSSR count). The molecule has 0 aromatic rings. The van der Waals surface area contributed by atoms with Crippen LogP contribution in [-0.4, -0.2) is 44.1 Å². The molecular formula is C17H26N2O4. The van der Waals surface area contributed by atoms with Crippen molar-refractivity contribution < 1.29 is 19.1 Å². The average molecular weight is 322 g/mol. The van der Waals surface area contributed by atoms with Gasteiger partial charge in [-0.25, -0.2) is 4.79 Å². The monoisotopic (exact) mass is 322 g/mol. The summed E-state index contributed by atoms with van der Waals surface area (Å²) in [4.78, 5) is 26.1. The highest BCUT2D eigenvalue weighted by atomic mass is 16.7. The number of carbonyl (C=O) groups excluding carboxylic acids is 2. The van der Waals surface area contributed by atoms with Crippen LogP contribution in [0.4, 0.5) is 4.79 Å². The number of carbonyl (C=O) groups is 2. The SMILES string of the molecule is CCCCCC1C(OC(=O)OC)=C(C)NC2=C1C(=O)CN(C)C2. The van der Waals surface area contributed by atoms with Crippen molar-refractivity contribution in [1.82, 2.24) is 10.2 Å². The van der Waals surface area contributed by atoms with Crippen molar-refractivity contribution in [3.8, 4) is 0 Å². The van der Waals surface area contributed by atoms with Crippen molar-refractivity contribution in [3.05, 3.63) is 22.7 Å². The summed E-state index contributed by atoms with van der Waals surface area (Å²) in [6, 6.07) is 0. The number of allylic oxidation sites excluding steroid dienone is 2. The fraction of sp³-hybridized carbons (Fsp3) is 0.647. The van der Waals surface area contributed by atoms with Crippen molar-refractivity contribution in [2.45, 2.75) is 39.5 Å². The molecule has 6 nitrogen and oxygen atoms in total. The molecule has 0 saturated carbocycles. The maximum Gasteiger partial charge on any atom is 0.513 e. The maximum absolute atomic E-state index is 12.6. The van der Waals surface area contributed by atoms with Crippen molar-refractivity contribution in [2.75, 3.05) is 27.2 Å². The van der Waals surface area contributed by atoms with Crippen molar-refractivity contribution in [2.24, 2.45) is 5.92 Å². The number of Topliss-reactive ketones (excluding diaryl/α,β-unsaturated/α-hetero) is 1. The quantitative estimate of drug-likeness (QED) is 0.620. The molecule has 0 amide bonds. The van der Waals surface area contributed by atoms with E-state index < -0.39 is 6.16 Å². The topological polar surface area (TPSA) is 67.9 Å². The van der Waals surface area contributed by atoms with Crippen LogP contribution in [0.2, 0.25) is 0 Å². The molecule has 1 N–H and O–H groups in total. The summed E-state index contributed by atoms with van der Waals surface area (Å²) >= 11 is 0. The Morgan fingerprint density at radius 2 is 2.09 bits per heavy atom. The third kappa shape index (κ3) is 3.93. The Labute approximate surface area is 137 Å². The highest BCUT2D eigenvalue weighted by Crippen LogP contribution is 2.36. The number of likely N-dealkylation sites (N-methyl/N-ethyl adjacent to an activating group) is 1. The number of ketones is 1. The molecule has 1 unspecified atom stereocenters. The molecule has 1 atom stereocenters. The maximum atomic E-state index is 12.6. The highest BCUT2D eigenvalue weighted by molar-refractivity contribution is 5.99. The number of ether oxygens (including phenoxy) is 2. The molecule has 0 fully saturated rings. The van der Waals surface area contributed by atoms with Gasteiger partial charge in [0.1, 0.15) is 5.76 Å². The summed E-state index contributed by atoms with van der Waals surface area (Å²) in [7, 11) is 3.21. The van der Waals surface area contributed by atoms with Gasteiger partial charge in [-0.05, 0) is 20.4 Å². The van der Waals surface area contributed by atoms with Crippen molar-refractivity contribution in [1.29, 1.82) is 0 Å². The minimum atomic E-state index is -0.744. The molecule has 128 valence electrons. The summed E-state index contributed by atoms with van der Waals surface area (Å²) in [5.74, 6) is 0.448. The molecular weight excluding hydrogens is 296 g/mol. The van der Waals surface area contributed by atoms with Gasteiger partial charge >= 0.3 is 6.16 Å². The third-order valence-electron chi connectivity index (χ3n) is 4.30. The summed E-state index contributed by atoms with van der Waals surface area (Å²) in [6.45, 7) is 5.11. The Kier molecular flexibility index (Phi) is 5.82. The Bertz CT molecular complexity index is 551. The van der Waals surface area contributed by atoms with Crippen molar-refractivity contribution >= 4 is 11.9 Å². The van der Waals surface area contributed by atoms with E-state index in [1.165, 1.54) is 7.11 Å². The van der Waals surface area contributed by atoms with E-state index in [9.17, 15) is 9.59 Å². The zero-order valence-corrected chi connectivity index (χ0v) is 14.4. The van der Waals surface area contributed by atoms with Crippen LogP contribution in [0.25, 0.3) is 0 Å². The predicted octanol–water partition coefficient (Wildman–Crippen LogP) is 2.57. The predicted molar refractivity (Wildman–Crippen MR) is 86.5 cm³/mol. The lowest BCUT2D eigenvalue weighted by Crippen LogP contribution is -2.44. The lowest BCUT2D eigenvalue weighted by molar-refractivity contribution is -0.117. The molecule has 0 saturated heterocycles. The molecule has 2 aliphatic heterocycles. The fourth-order valence-electron chi connectivity index (χ4n) is 3.25. The molecule has 23 heavy (non-hydrogen) atoms. The molecule has 2 aliphatic rings. The second-order valence-corrected chi connectivity index (χ2v) is 6.21. The summed E-state index contributed by atoms with van der Waals surface area (Å²) in [6.07, 6.45) is 3.23. The fourth-order valence-corrected chi connectivity index (χ4v) is 3.25. The molecule has 0 aromatic carbocycles. The normalized spacial score (nSPS) is 21.9. The van der Waals surface area contributed by atoms with Gasteiger partial charge in [-0.1, -0.05) is 26.2 Å². The van der Waals surface area contributed by atoms with Crippen LogP contribution < -0.4 is 5.32 Å². The Balaban J connectivity index is 2.32. The van der Waals surface area contributed by atoms with Crippen LogP contribution in [0, 0.1) is 5.92 Å². The van der Waals surface area contributed by atoms with E-state index in [1.54, 1.807) is 0 Å². The number of rotatable bonds is 5. The number of nitrogens with one attached hydrogen (secondary N) is 1. The first kappa shape index (κ1) is 17.5. The number of hydrogen-bond donors (Lipinski definition) is 1. The molecule has 0 radical (unpaired) electrons. The van der Waals surface area contributed by atoms with E-state index in [1.807, 2.05) is 18.9 Å². The minimum absolute atomic E-state index is 0.0983. The highest BCUT2D eigenvalue weighted by Gasteiger charge is 2.37. The van der Waals surface area contributed by atoms with Gasteiger partial charge in [-0.3, -0.25) is 9.69 Å². The van der Waals surface area contributed by atoms with E-state index in [2.05, 4.69) is 17.0 Å². The zero-order valence-electron chi connectivity index (χ0n) is 14.4. The van der Waals surface area contributed by atoms with Crippen LogP contribution in [-0.2, 0) is 14.3 Å². The zero-order chi connectivity index (χ0) is 17.0. The van der Waals surface area contributed by atoms with E-state index >= 15 is 0 Å². The molecule has 0 bridgehead atoms. The van der Waals surface area contributed by atoms with Crippen molar-refractivity contribution in [3.63, 3.8) is 0 Å². The number of methoxy groups -OCH3 is 1. The number of hydrogen-bond acceptors (Lipinski definition) is 6. The number of nitrogens with zero attached hydrogens (tertiary/aromatic N) is 1. The first-order valence-corrected chi connectivity index (χ1v) is 8.16. The summed E-state index contributed by atoms with van der Waals surface area (Å²) in [5, 5.41) is 3.24. The smallest absolute Gasteiger partial charge is 0.437 e. The standard InChI is InChI=1S/C17H26N2O4/c1-5-6-7-8-12-15-13(9-19(3)10-14(15)20)18-11(2)16(12)23-17(21)22-4/h12,18H,5-10H2,1-4H3. The van der Waals surface area contributed by atoms with E-state index in [-0.39, 0.29) is 11.7 Å². The summed E-state index contributed by atoms with van der Waals surface area (Å²) < 4.78 is 10.00. The van der Waals surface area contributed by atoms with Crippen LogP contribution in [0.15, 0.2) is 22.7 Å². The average Bonchev–Trinajstić information content (AvgIpc) is 2.49. The van der Waals surface area contributed by atoms with Crippen LogP contribution in [0.5, 0.6) is 0 Å². The van der Waals surface area contributed by atoms with Crippen LogP contribution in [0.1, 0.15) is 39.5 Å². The first-order valence-electron chi connectivity index (χ1n) is 8.16. The third-order valence-corrected chi connectivity index (χ3v) is 4.30. The summed E-state index contributed by atoms with van der Waals surface area (Å²) in [5.41, 5.74) is 2.47. The van der Waals surface area contributed by atoms with E-state index in [0.717, 1.165) is 42.7 Å². The van der Waals surface area contributed by atoms with Gasteiger partial charge in [0.25, 0.3) is 0 Å². The van der Waals surface area contributed by atoms with Gasteiger partial charge in [0, 0.05) is 23.7 Å². The number of dihydropyridines is 1. The lowest BCUT2D eigenvalue weighted by atomic mass is 9.82. The van der Waals surface area contributed by atoms with Gasteiger partial charge in [0.05, 0.1) is 19.4 Å². The second kappa shape index (κ2) is 7.64. The van der Waals surface area contributed by atoms with E-state index in [4.69, 9.17) is 4.74 Å². The molecule has 6 heteroatoms. The largest absolute Gasteiger partial charge is 0.513 e. The second-order valence-electron chi connectivity index (χ2n) is 6.21. The molecule has 0 aromatic heterocycles. The molecule has 0 spiro atoms. The van der Waals surface area contributed by atoms with Gasteiger partial charge in [0.15, 0.2) is 5.78 Å². The lowest BCUT2D eigenvalue weighted by Gasteiger charge is -2.36. The van der Waals surface area contributed by atoms with Crippen LogP contribution in [0.3, 0.4) is 0 Å². The minimum Gasteiger partial charge on any atom is -0.437 e. The van der Waals surface area contributed by atoms with Gasteiger partial charge in [0.2, 0.25) is 0 Å². The van der Waals surface area contributed by atoms with Crippen LogP contribution >= 0.6 is 0 Å². The Morgan fingerprint density at radius 1 is 1.35 bits per heavy atom. The van der Waals surface area contributed by atoms with Gasteiger partial charge in [-0.15, -0.1) is 0 Å². The van der Waals surface area contributed by atoms with Gasteiger partial charge < -0.3 is 14.8 Å². The van der Waals surface area contributed by atoms with Gasteiger partial charge in [-0.2, -0.15) is 0 Å². The van der Waals surface area contributed by atoms with E-state index in [0.29, 0.717) is 18.8 Å². The molecule has 2 heterocycles. The number of unbranched alkanes of at least 4 members (excludes halogenated alkanes) is 2. The Hall–Kier alpha value is -1.82.